The van der Waals surface area contributed by atoms with Crippen LogP contribution in [0.3, 0.4) is 0 Å². The molecule has 0 atom stereocenters. The molecule has 0 N–H and O–H groups in total. The highest BCUT2D eigenvalue weighted by atomic mass is 32.2. The minimum Gasteiger partial charge on any atom is -0.335 e. The highest BCUT2D eigenvalue weighted by molar-refractivity contribution is 7.86. The van der Waals surface area contributed by atoms with Crippen LogP contribution in [0, 0.1) is 5.82 Å². The second-order valence-electron chi connectivity index (χ2n) is 8.51. The molecule has 0 radical (unpaired) electrons. The van der Waals surface area contributed by atoms with Crippen LogP contribution >= 0.6 is 0 Å². The zero-order valence-corrected chi connectivity index (χ0v) is 20.2. The molecule has 1 aromatic carbocycles. The van der Waals surface area contributed by atoms with E-state index in [2.05, 4.69) is 0 Å². The maximum Gasteiger partial charge on any atom is 0.282 e. The van der Waals surface area contributed by atoms with Crippen molar-refractivity contribution in [1.29, 1.82) is 0 Å². The lowest BCUT2D eigenvalue weighted by atomic mass is 10.1. The first kappa shape index (κ1) is 23.8. The van der Waals surface area contributed by atoms with Gasteiger partial charge < -0.3 is 4.90 Å². The van der Waals surface area contributed by atoms with E-state index in [0.717, 1.165) is 49.0 Å². The predicted molar refractivity (Wildman–Crippen MR) is 124 cm³/mol. The van der Waals surface area contributed by atoms with Gasteiger partial charge in [0, 0.05) is 50.5 Å². The van der Waals surface area contributed by atoms with Crippen LogP contribution in [-0.2, 0) is 23.1 Å². The third kappa shape index (κ3) is 4.69. The molecular formula is C23H32FN5O3S. The van der Waals surface area contributed by atoms with Crippen molar-refractivity contribution >= 4 is 16.1 Å². The summed E-state index contributed by atoms with van der Waals surface area (Å²) in [5.74, 6) is -0.472. The quantitative estimate of drug-likeness (QED) is 0.599. The molecule has 10 heteroatoms. The summed E-state index contributed by atoms with van der Waals surface area (Å²) in [4.78, 5) is 15.2. The minimum atomic E-state index is -3.51. The number of fused-ring (bicyclic) bond motifs is 1. The van der Waals surface area contributed by atoms with E-state index in [4.69, 9.17) is 5.10 Å². The van der Waals surface area contributed by atoms with E-state index < -0.39 is 10.2 Å². The molecule has 0 unspecified atom stereocenters. The molecule has 2 aliphatic rings. The smallest absolute Gasteiger partial charge is 0.282 e. The molecule has 1 amide bonds. The second kappa shape index (κ2) is 9.90. The maximum atomic E-state index is 13.5. The Bertz CT molecular complexity index is 1090. The lowest BCUT2D eigenvalue weighted by Crippen LogP contribution is -2.54. The topological polar surface area (TPSA) is 78.8 Å². The van der Waals surface area contributed by atoms with Gasteiger partial charge in [0.15, 0.2) is 5.69 Å². The van der Waals surface area contributed by atoms with Crippen molar-refractivity contribution in [3.05, 3.63) is 47.0 Å². The molecule has 2 heterocycles. The van der Waals surface area contributed by atoms with E-state index in [9.17, 15) is 17.6 Å². The van der Waals surface area contributed by atoms with Crippen molar-refractivity contribution in [2.45, 2.75) is 46.0 Å². The number of aromatic nitrogens is 2. The molecule has 8 nitrogen and oxygen atoms in total. The first-order valence-electron chi connectivity index (χ1n) is 11.8. The number of rotatable bonds is 6. The minimum absolute atomic E-state index is 0.158. The molecule has 1 saturated heterocycles. The van der Waals surface area contributed by atoms with E-state index in [-0.39, 0.29) is 24.8 Å². The highest BCUT2D eigenvalue weighted by Crippen LogP contribution is 2.28. The van der Waals surface area contributed by atoms with Gasteiger partial charge in [-0.25, -0.2) is 9.07 Å². The van der Waals surface area contributed by atoms with Crippen LogP contribution < -0.4 is 0 Å². The average Bonchev–Trinajstić information content (AvgIpc) is 3.00. The maximum absolute atomic E-state index is 13.5. The van der Waals surface area contributed by atoms with Crippen molar-refractivity contribution in [2.75, 3.05) is 39.3 Å². The third-order valence-electron chi connectivity index (χ3n) is 6.59. The summed E-state index contributed by atoms with van der Waals surface area (Å²) in [5, 5.41) is 4.69. The van der Waals surface area contributed by atoms with Crippen LogP contribution in [0.2, 0.25) is 0 Å². The molecule has 1 aliphatic heterocycles. The Morgan fingerprint density at radius 3 is 2.27 bits per heavy atom. The van der Waals surface area contributed by atoms with Gasteiger partial charge in [-0.2, -0.15) is 22.1 Å². The number of piperazine rings is 1. The summed E-state index contributed by atoms with van der Waals surface area (Å²) >= 11 is 0. The molecule has 0 saturated carbocycles. The number of halogens is 1. The van der Waals surface area contributed by atoms with Gasteiger partial charge in [-0.1, -0.05) is 20.3 Å². The number of hydrogen-bond acceptors (Lipinski definition) is 4. The number of carbonyl (C=O) groups excluding carboxylic acids is 1. The Morgan fingerprint density at radius 2 is 1.64 bits per heavy atom. The first-order valence-corrected chi connectivity index (χ1v) is 13.2. The van der Waals surface area contributed by atoms with Crippen LogP contribution in [0.25, 0.3) is 5.69 Å². The van der Waals surface area contributed by atoms with Crippen molar-refractivity contribution in [1.82, 2.24) is 23.3 Å². The standard InChI is InChI=1S/C23H32FN5O3S/c1-3-27(4-2)33(31,32)28-16-14-26(15-17-28)23(30)22-20-8-6-5-7-9-21(20)29(25-22)19-12-10-18(24)11-13-19/h10-13H,3-9,14-17H2,1-2H3. The van der Waals surface area contributed by atoms with Crippen molar-refractivity contribution < 1.29 is 17.6 Å². The summed E-state index contributed by atoms with van der Waals surface area (Å²) in [6.07, 6.45) is 4.72. The van der Waals surface area contributed by atoms with E-state index >= 15 is 0 Å². The summed E-state index contributed by atoms with van der Waals surface area (Å²) < 4.78 is 43.8. The summed E-state index contributed by atoms with van der Waals surface area (Å²) in [7, 11) is -3.51. The molecule has 4 rings (SSSR count). The predicted octanol–water partition coefficient (Wildman–Crippen LogP) is 2.62. The fourth-order valence-electron chi connectivity index (χ4n) is 4.73. The van der Waals surface area contributed by atoms with Gasteiger partial charge in [-0.3, -0.25) is 4.79 Å². The first-order chi connectivity index (χ1) is 15.9. The number of carbonyl (C=O) groups is 1. The van der Waals surface area contributed by atoms with Crippen LogP contribution in [-0.4, -0.2) is 76.9 Å². The molecule has 180 valence electrons. The van der Waals surface area contributed by atoms with Crippen molar-refractivity contribution in [3.8, 4) is 5.69 Å². The van der Waals surface area contributed by atoms with Gasteiger partial charge in [0.2, 0.25) is 0 Å². The Kier molecular flexibility index (Phi) is 7.16. The largest absolute Gasteiger partial charge is 0.335 e. The average molecular weight is 478 g/mol. The molecule has 1 aromatic heterocycles. The van der Waals surface area contributed by atoms with Gasteiger partial charge in [0.25, 0.3) is 16.1 Å². The lowest BCUT2D eigenvalue weighted by molar-refractivity contribution is 0.0686. The Balaban J connectivity index is 1.57. The van der Waals surface area contributed by atoms with Gasteiger partial charge in [0.1, 0.15) is 5.82 Å². The van der Waals surface area contributed by atoms with Gasteiger partial charge in [-0.15, -0.1) is 0 Å². The van der Waals surface area contributed by atoms with E-state index in [0.29, 0.717) is 31.9 Å². The molecule has 2 aromatic rings. The Morgan fingerprint density at radius 1 is 1.00 bits per heavy atom. The Hall–Kier alpha value is -2.30. The van der Waals surface area contributed by atoms with Gasteiger partial charge in [-0.05, 0) is 49.9 Å². The van der Waals surface area contributed by atoms with Gasteiger partial charge in [0.05, 0.1) is 5.69 Å². The monoisotopic (exact) mass is 477 g/mol. The van der Waals surface area contributed by atoms with Crippen molar-refractivity contribution in [3.63, 3.8) is 0 Å². The van der Waals surface area contributed by atoms with Gasteiger partial charge >= 0.3 is 0 Å². The molecule has 33 heavy (non-hydrogen) atoms. The number of hydrogen-bond donors (Lipinski definition) is 0. The SMILES string of the molecule is CCN(CC)S(=O)(=O)N1CCN(C(=O)c2nn(-c3ccc(F)cc3)c3c2CCCCC3)CC1. The zero-order valence-electron chi connectivity index (χ0n) is 19.3. The fraction of sp³-hybridized carbons (Fsp3) is 0.565. The molecule has 0 spiro atoms. The molecular weight excluding hydrogens is 445 g/mol. The Labute approximate surface area is 195 Å². The zero-order chi connectivity index (χ0) is 23.6. The van der Waals surface area contributed by atoms with Crippen LogP contribution in [0.5, 0.6) is 0 Å². The summed E-state index contributed by atoms with van der Waals surface area (Å²) in [6, 6.07) is 6.16. The van der Waals surface area contributed by atoms with E-state index in [1.165, 1.54) is 20.7 Å². The highest BCUT2D eigenvalue weighted by Gasteiger charge is 2.34. The summed E-state index contributed by atoms with van der Waals surface area (Å²) in [5.41, 5.74) is 3.17. The van der Waals surface area contributed by atoms with Crippen LogP contribution in [0.15, 0.2) is 24.3 Å². The number of amides is 1. The normalized spacial score (nSPS) is 17.8. The molecule has 1 aliphatic carbocycles. The van der Waals surface area contributed by atoms with Crippen LogP contribution in [0.4, 0.5) is 4.39 Å². The molecule has 0 bridgehead atoms. The third-order valence-corrected chi connectivity index (χ3v) is 8.77. The molecule has 1 fully saturated rings. The van der Waals surface area contributed by atoms with E-state index in [1.54, 1.807) is 21.7 Å². The number of benzene rings is 1. The second-order valence-corrected chi connectivity index (χ2v) is 10.4. The van der Waals surface area contributed by atoms with E-state index in [1.807, 2.05) is 13.8 Å². The fourth-order valence-corrected chi connectivity index (χ4v) is 6.33. The summed E-state index contributed by atoms with van der Waals surface area (Å²) in [6.45, 7) is 5.69. The van der Waals surface area contributed by atoms with Crippen molar-refractivity contribution in [2.24, 2.45) is 0 Å². The lowest BCUT2D eigenvalue weighted by Gasteiger charge is -2.36. The number of nitrogens with zero attached hydrogens (tertiary/aromatic N) is 5. The van der Waals surface area contributed by atoms with Crippen LogP contribution in [0.1, 0.15) is 54.9 Å².